The third-order valence-electron chi connectivity index (χ3n) is 12.4. The first kappa shape index (κ1) is 35.2. The molecule has 294 valence electrons. The van der Waals surface area contributed by atoms with Gasteiger partial charge in [0.15, 0.2) is 17.5 Å². The van der Waals surface area contributed by atoms with E-state index in [-0.39, 0.29) is 0 Å². The van der Waals surface area contributed by atoms with Gasteiger partial charge >= 0.3 is 0 Å². The quantitative estimate of drug-likeness (QED) is 0.168. The fraction of sp³-hybridized carbons (Fsp3) is 0. The summed E-state index contributed by atoms with van der Waals surface area (Å²) in [5, 5.41) is 6.81. The molecule has 4 heterocycles. The Morgan fingerprint density at radius 3 is 1.59 bits per heavy atom. The van der Waals surface area contributed by atoms with Gasteiger partial charge in [-0.25, -0.2) is 15.0 Å². The van der Waals surface area contributed by atoms with Gasteiger partial charge < -0.3 is 13.6 Å². The zero-order chi connectivity index (χ0) is 41.4. The smallest absolute Gasteiger partial charge is 0.164 e. The summed E-state index contributed by atoms with van der Waals surface area (Å²) in [5.41, 5.74) is 13.3. The third kappa shape index (κ3) is 5.55. The van der Waals surface area contributed by atoms with Crippen molar-refractivity contribution < 1.29 is 4.42 Å². The van der Waals surface area contributed by atoms with Crippen LogP contribution in [0, 0.1) is 0 Å². The summed E-state index contributed by atoms with van der Waals surface area (Å²) in [6.07, 6.45) is 0. The van der Waals surface area contributed by atoms with Crippen LogP contribution in [0.3, 0.4) is 0 Å². The van der Waals surface area contributed by atoms with Crippen molar-refractivity contribution >= 4 is 65.6 Å². The van der Waals surface area contributed by atoms with Crippen LogP contribution < -0.4 is 0 Å². The molecule has 0 aliphatic carbocycles. The van der Waals surface area contributed by atoms with E-state index in [1.54, 1.807) is 0 Å². The van der Waals surface area contributed by atoms with E-state index < -0.39 is 0 Å². The van der Waals surface area contributed by atoms with Crippen molar-refractivity contribution in [1.82, 2.24) is 24.1 Å². The molecule has 0 spiro atoms. The summed E-state index contributed by atoms with van der Waals surface area (Å²) in [7, 11) is 0. The van der Waals surface area contributed by atoms with Gasteiger partial charge in [0.2, 0.25) is 0 Å². The van der Waals surface area contributed by atoms with Crippen molar-refractivity contribution in [2.24, 2.45) is 0 Å². The van der Waals surface area contributed by atoms with Crippen LogP contribution in [0.2, 0.25) is 0 Å². The lowest BCUT2D eigenvalue weighted by molar-refractivity contribution is 0.669. The first-order valence-electron chi connectivity index (χ1n) is 21.2. The molecule has 0 radical (unpaired) electrons. The molecule has 0 atom stereocenters. The fourth-order valence-corrected chi connectivity index (χ4v) is 9.59. The highest BCUT2D eigenvalue weighted by Gasteiger charge is 2.24. The van der Waals surface area contributed by atoms with E-state index in [1.807, 2.05) is 48.5 Å². The number of furan rings is 1. The summed E-state index contributed by atoms with van der Waals surface area (Å²) in [6.45, 7) is 0. The monoisotopic (exact) mass is 805 g/mol. The predicted molar refractivity (Wildman–Crippen MR) is 258 cm³/mol. The largest absolute Gasteiger partial charge is 0.456 e. The molecule has 0 bridgehead atoms. The van der Waals surface area contributed by atoms with E-state index in [0.717, 1.165) is 99.4 Å². The topological polar surface area (TPSA) is 61.7 Å². The molecule has 6 heteroatoms. The Balaban J connectivity index is 1.12. The molecular weight excluding hydrogens is 771 g/mol. The highest BCUT2D eigenvalue weighted by Crippen LogP contribution is 2.45. The number of para-hydroxylation sites is 4. The zero-order valence-electron chi connectivity index (χ0n) is 33.9. The Bertz CT molecular complexity index is 3850. The molecule has 6 nitrogen and oxygen atoms in total. The molecule has 0 aliphatic heterocycles. The normalized spacial score (nSPS) is 11.8. The third-order valence-corrected chi connectivity index (χ3v) is 12.4. The molecule has 63 heavy (non-hydrogen) atoms. The van der Waals surface area contributed by atoms with Crippen LogP contribution in [0.5, 0.6) is 0 Å². The molecule has 13 aromatic rings. The van der Waals surface area contributed by atoms with Gasteiger partial charge in [-0.2, -0.15) is 0 Å². The number of hydrogen-bond acceptors (Lipinski definition) is 4. The summed E-state index contributed by atoms with van der Waals surface area (Å²) < 4.78 is 11.0. The van der Waals surface area contributed by atoms with Gasteiger partial charge in [0.05, 0.1) is 22.1 Å². The van der Waals surface area contributed by atoms with E-state index in [4.69, 9.17) is 19.4 Å². The SMILES string of the molecule is c1ccc(-c2nc(-c3ccccc3)nc(-c3ccc4c(c3-c3ccc5c(c3)c3ccccc3n5-c3ccc5oc6ccccc6c5c3)c3ccccc3n4-c3ccccc3)n2)cc1. The average Bonchev–Trinajstić information content (AvgIpc) is 4.01. The minimum Gasteiger partial charge on any atom is -0.456 e. The Hall–Kier alpha value is -8.61. The Labute approximate surface area is 361 Å². The average molecular weight is 806 g/mol. The lowest BCUT2D eigenvalue weighted by Gasteiger charge is -2.15. The molecule has 0 unspecified atom stereocenters. The summed E-state index contributed by atoms with van der Waals surface area (Å²) in [5.74, 6) is 1.86. The number of rotatable bonds is 6. The maximum atomic E-state index is 6.25. The second-order valence-electron chi connectivity index (χ2n) is 16.0. The van der Waals surface area contributed by atoms with Crippen molar-refractivity contribution in [3.05, 3.63) is 212 Å². The highest BCUT2D eigenvalue weighted by molar-refractivity contribution is 6.20. The molecule has 0 aliphatic rings. The van der Waals surface area contributed by atoms with Gasteiger partial charge in [0, 0.05) is 65.9 Å². The molecule has 9 aromatic carbocycles. The van der Waals surface area contributed by atoms with Crippen LogP contribution in [0.25, 0.3) is 122 Å². The van der Waals surface area contributed by atoms with Crippen LogP contribution in [-0.4, -0.2) is 24.1 Å². The van der Waals surface area contributed by atoms with Crippen LogP contribution in [-0.2, 0) is 0 Å². The Morgan fingerprint density at radius 1 is 0.317 bits per heavy atom. The van der Waals surface area contributed by atoms with Crippen molar-refractivity contribution in [3.63, 3.8) is 0 Å². The number of aromatic nitrogens is 5. The molecule has 0 saturated carbocycles. The lowest BCUT2D eigenvalue weighted by Crippen LogP contribution is -2.01. The molecule has 0 N–H and O–H groups in total. The minimum atomic E-state index is 0.610. The minimum absolute atomic E-state index is 0.610. The molecule has 13 rings (SSSR count). The van der Waals surface area contributed by atoms with E-state index >= 15 is 0 Å². The maximum absolute atomic E-state index is 6.25. The van der Waals surface area contributed by atoms with Crippen molar-refractivity contribution in [2.75, 3.05) is 0 Å². The van der Waals surface area contributed by atoms with Gasteiger partial charge in [-0.15, -0.1) is 0 Å². The van der Waals surface area contributed by atoms with Gasteiger partial charge in [-0.05, 0) is 78.4 Å². The molecule has 0 saturated heterocycles. The predicted octanol–water partition coefficient (Wildman–Crippen LogP) is 14.6. The van der Waals surface area contributed by atoms with E-state index in [9.17, 15) is 0 Å². The van der Waals surface area contributed by atoms with Gasteiger partial charge in [0.25, 0.3) is 0 Å². The second-order valence-corrected chi connectivity index (χ2v) is 16.0. The number of nitrogens with zero attached hydrogens (tertiary/aromatic N) is 5. The van der Waals surface area contributed by atoms with Gasteiger partial charge in [-0.1, -0.05) is 140 Å². The molecule has 0 fully saturated rings. The number of hydrogen-bond donors (Lipinski definition) is 0. The summed E-state index contributed by atoms with van der Waals surface area (Å²) in [6, 6.07) is 74.5. The Morgan fingerprint density at radius 2 is 0.857 bits per heavy atom. The number of fused-ring (bicyclic) bond motifs is 9. The first-order valence-corrected chi connectivity index (χ1v) is 21.2. The van der Waals surface area contributed by atoms with E-state index in [0.29, 0.717) is 17.5 Å². The van der Waals surface area contributed by atoms with Crippen LogP contribution in [0.15, 0.2) is 217 Å². The molecular formula is C57H35N5O. The van der Waals surface area contributed by atoms with Crippen LogP contribution in [0.1, 0.15) is 0 Å². The standard InChI is InChI=1S/C57H35N5O/c1-4-16-36(17-5-1)55-58-56(37-18-6-2-7-19-37)60-57(59-55)44-30-32-50-54(43-24-11-14-26-48(43)61(50)39-20-8-3-9-21-39)53(44)38-28-31-49-45(34-38)41-22-10-13-25-47(41)62(49)40-29-33-52-46(35-40)42-23-12-15-27-51(42)63-52/h1-35H. The number of benzene rings is 9. The van der Waals surface area contributed by atoms with E-state index in [2.05, 4.69) is 173 Å². The molecule has 0 amide bonds. The maximum Gasteiger partial charge on any atom is 0.164 e. The second kappa shape index (κ2) is 14.0. The van der Waals surface area contributed by atoms with Crippen molar-refractivity contribution in [2.45, 2.75) is 0 Å². The Kier molecular flexibility index (Phi) is 7.80. The zero-order valence-corrected chi connectivity index (χ0v) is 33.9. The van der Waals surface area contributed by atoms with Crippen molar-refractivity contribution in [1.29, 1.82) is 0 Å². The first-order chi connectivity index (χ1) is 31.2. The lowest BCUT2D eigenvalue weighted by atomic mass is 9.92. The molecule has 4 aromatic heterocycles. The van der Waals surface area contributed by atoms with E-state index in [1.165, 1.54) is 5.39 Å². The fourth-order valence-electron chi connectivity index (χ4n) is 9.59. The summed E-state index contributed by atoms with van der Waals surface area (Å²) in [4.78, 5) is 15.7. The van der Waals surface area contributed by atoms with Crippen LogP contribution >= 0.6 is 0 Å². The van der Waals surface area contributed by atoms with Gasteiger partial charge in [0.1, 0.15) is 11.2 Å². The summed E-state index contributed by atoms with van der Waals surface area (Å²) >= 11 is 0. The van der Waals surface area contributed by atoms with Crippen molar-refractivity contribution in [3.8, 4) is 56.7 Å². The van der Waals surface area contributed by atoms with Gasteiger partial charge in [-0.3, -0.25) is 0 Å². The highest BCUT2D eigenvalue weighted by atomic mass is 16.3. The van der Waals surface area contributed by atoms with Crippen LogP contribution in [0.4, 0.5) is 0 Å².